The predicted molar refractivity (Wildman–Crippen MR) is 229 cm³/mol. The van der Waals surface area contributed by atoms with E-state index in [-0.39, 0.29) is 0 Å². The normalized spacial score (nSPS) is 11.6. The van der Waals surface area contributed by atoms with Gasteiger partial charge in [-0.3, -0.25) is 0 Å². The van der Waals surface area contributed by atoms with Crippen LogP contribution in [0, 0.1) is 0 Å². The molecule has 0 aliphatic heterocycles. The number of anilines is 3. The zero-order valence-electron chi connectivity index (χ0n) is 29.8. The molecule has 2 aromatic heterocycles. The summed E-state index contributed by atoms with van der Waals surface area (Å²) in [4.78, 5) is 2.33. The summed E-state index contributed by atoms with van der Waals surface area (Å²) in [5.74, 6) is 0. The molecule has 9 aromatic carbocycles. The first-order chi connectivity index (χ1) is 27.3. The Hall–Kier alpha value is -7.36. The van der Waals surface area contributed by atoms with Crippen LogP contribution < -0.4 is 4.90 Å². The topological polar surface area (TPSA) is 29.5 Å². The fourth-order valence-corrected chi connectivity index (χ4v) is 8.24. The molecule has 0 unspecified atom stereocenters. The van der Waals surface area contributed by atoms with Gasteiger partial charge in [-0.25, -0.2) is 0 Å². The average molecular weight is 704 g/mol. The number of furan rings is 2. The minimum atomic E-state index is 0.849. The third-order valence-corrected chi connectivity index (χ3v) is 10.9. The van der Waals surface area contributed by atoms with Crippen LogP contribution in [0.1, 0.15) is 0 Å². The van der Waals surface area contributed by atoms with Crippen molar-refractivity contribution in [1.82, 2.24) is 0 Å². The second-order valence-corrected chi connectivity index (χ2v) is 14.1. The average Bonchev–Trinajstić information content (AvgIpc) is 3.84. The van der Waals surface area contributed by atoms with Gasteiger partial charge in [0.1, 0.15) is 22.3 Å². The maximum absolute atomic E-state index is 6.87. The van der Waals surface area contributed by atoms with Gasteiger partial charge in [0.25, 0.3) is 0 Å². The van der Waals surface area contributed by atoms with Crippen LogP contribution in [0.3, 0.4) is 0 Å². The van der Waals surface area contributed by atoms with E-state index in [9.17, 15) is 0 Å². The molecule has 0 fully saturated rings. The van der Waals surface area contributed by atoms with E-state index in [1.54, 1.807) is 0 Å². The molecule has 55 heavy (non-hydrogen) atoms. The Balaban J connectivity index is 1.11. The SMILES string of the molecule is c1ccc(-c2ccc(N(c3ccc(-c4cccc5c4oc4ccccc45)cc3)c3cc(-c4ccccc4)c4c(c3)oc3c5ccccc5ccc34)cc2)cc1. The van der Waals surface area contributed by atoms with Crippen LogP contribution in [-0.2, 0) is 0 Å². The Morgan fingerprint density at radius 3 is 1.65 bits per heavy atom. The van der Waals surface area contributed by atoms with E-state index in [4.69, 9.17) is 8.83 Å². The van der Waals surface area contributed by atoms with Gasteiger partial charge in [-0.1, -0.05) is 152 Å². The number of hydrogen-bond acceptors (Lipinski definition) is 3. The van der Waals surface area contributed by atoms with Crippen molar-refractivity contribution in [2.75, 3.05) is 4.90 Å². The van der Waals surface area contributed by atoms with Gasteiger partial charge < -0.3 is 13.7 Å². The highest BCUT2D eigenvalue weighted by Crippen LogP contribution is 2.45. The number of nitrogens with zero attached hydrogens (tertiary/aromatic N) is 1. The standard InChI is InChI=1S/C52H33NO2/c1-3-12-34(13-4-1)35-22-27-39(28-23-35)53(40-29-24-38(25-30-40)43-19-11-20-45-44-18-9-10-21-48(44)54-51(43)45)41-32-47(36-14-5-2-6-15-36)50-46-31-26-37-16-7-8-17-42(37)52(46)55-49(50)33-41/h1-33H. The first-order valence-corrected chi connectivity index (χ1v) is 18.7. The zero-order valence-corrected chi connectivity index (χ0v) is 29.8. The van der Waals surface area contributed by atoms with Crippen LogP contribution in [0.4, 0.5) is 17.1 Å². The Bertz CT molecular complexity index is 3180. The van der Waals surface area contributed by atoms with E-state index in [1.807, 2.05) is 12.1 Å². The van der Waals surface area contributed by atoms with Crippen molar-refractivity contribution in [2.45, 2.75) is 0 Å². The summed E-state index contributed by atoms with van der Waals surface area (Å²) < 4.78 is 13.3. The minimum Gasteiger partial charge on any atom is -0.455 e. The van der Waals surface area contributed by atoms with Gasteiger partial charge in [-0.05, 0) is 75.7 Å². The number of benzene rings is 9. The highest BCUT2D eigenvalue weighted by molar-refractivity contribution is 6.20. The molecule has 11 rings (SSSR count). The summed E-state index contributed by atoms with van der Waals surface area (Å²) in [6.07, 6.45) is 0. The van der Waals surface area contributed by atoms with E-state index >= 15 is 0 Å². The number of fused-ring (bicyclic) bond motifs is 8. The third-order valence-electron chi connectivity index (χ3n) is 10.9. The Morgan fingerprint density at radius 1 is 0.309 bits per heavy atom. The Labute approximate surface area is 317 Å². The molecule has 3 nitrogen and oxygen atoms in total. The Kier molecular flexibility index (Phi) is 7.17. The van der Waals surface area contributed by atoms with Gasteiger partial charge in [0.2, 0.25) is 0 Å². The Morgan fingerprint density at radius 2 is 0.891 bits per heavy atom. The van der Waals surface area contributed by atoms with E-state index in [1.165, 1.54) is 11.1 Å². The number of hydrogen-bond donors (Lipinski definition) is 0. The van der Waals surface area contributed by atoms with Crippen molar-refractivity contribution < 1.29 is 8.83 Å². The van der Waals surface area contributed by atoms with Gasteiger partial charge in [-0.15, -0.1) is 0 Å². The molecule has 0 atom stereocenters. The molecule has 0 saturated heterocycles. The second-order valence-electron chi connectivity index (χ2n) is 14.1. The molecule has 0 amide bonds. The van der Waals surface area contributed by atoms with Gasteiger partial charge in [0.05, 0.1) is 5.69 Å². The lowest BCUT2D eigenvalue weighted by Gasteiger charge is -2.26. The first-order valence-electron chi connectivity index (χ1n) is 18.7. The summed E-state index contributed by atoms with van der Waals surface area (Å²) >= 11 is 0. The van der Waals surface area contributed by atoms with E-state index in [0.29, 0.717) is 0 Å². The molecule has 0 radical (unpaired) electrons. The summed E-state index contributed by atoms with van der Waals surface area (Å²) in [5, 5.41) is 6.75. The maximum atomic E-state index is 6.87. The fraction of sp³-hybridized carbons (Fsp3) is 0. The number of rotatable bonds is 6. The van der Waals surface area contributed by atoms with Crippen LogP contribution in [0.25, 0.3) is 88.0 Å². The van der Waals surface area contributed by atoms with E-state index in [0.717, 1.165) is 94.0 Å². The van der Waals surface area contributed by atoms with E-state index < -0.39 is 0 Å². The summed E-state index contributed by atoms with van der Waals surface area (Å²) in [6.45, 7) is 0. The van der Waals surface area contributed by atoms with Crippen LogP contribution >= 0.6 is 0 Å². The second kappa shape index (κ2) is 12.6. The molecular weight excluding hydrogens is 671 g/mol. The smallest absolute Gasteiger partial charge is 0.143 e. The van der Waals surface area contributed by atoms with Crippen molar-refractivity contribution in [3.63, 3.8) is 0 Å². The molecule has 0 spiro atoms. The molecular formula is C52H33NO2. The highest BCUT2D eigenvalue weighted by Gasteiger charge is 2.21. The predicted octanol–water partition coefficient (Wildman–Crippen LogP) is 15.1. The van der Waals surface area contributed by atoms with Crippen molar-refractivity contribution in [3.05, 3.63) is 200 Å². The van der Waals surface area contributed by atoms with Crippen LogP contribution in [0.2, 0.25) is 0 Å². The largest absolute Gasteiger partial charge is 0.455 e. The van der Waals surface area contributed by atoms with Crippen molar-refractivity contribution >= 4 is 71.7 Å². The third kappa shape index (κ3) is 5.20. The van der Waals surface area contributed by atoms with Crippen molar-refractivity contribution in [2.24, 2.45) is 0 Å². The van der Waals surface area contributed by atoms with Crippen LogP contribution in [0.5, 0.6) is 0 Å². The lowest BCUT2D eigenvalue weighted by molar-refractivity contribution is 0.670. The molecule has 0 bridgehead atoms. The summed E-state index contributed by atoms with van der Waals surface area (Å²) in [7, 11) is 0. The van der Waals surface area contributed by atoms with E-state index in [2.05, 4.69) is 193 Å². The quantitative estimate of drug-likeness (QED) is 0.173. The monoisotopic (exact) mass is 703 g/mol. The van der Waals surface area contributed by atoms with Crippen molar-refractivity contribution in [3.8, 4) is 33.4 Å². The molecule has 2 heterocycles. The molecule has 0 N–H and O–H groups in total. The molecule has 0 aliphatic carbocycles. The highest BCUT2D eigenvalue weighted by atomic mass is 16.3. The molecule has 11 aromatic rings. The lowest BCUT2D eigenvalue weighted by Crippen LogP contribution is -2.10. The van der Waals surface area contributed by atoms with Crippen molar-refractivity contribution in [1.29, 1.82) is 0 Å². The van der Waals surface area contributed by atoms with Crippen LogP contribution in [-0.4, -0.2) is 0 Å². The molecule has 3 heteroatoms. The molecule has 258 valence electrons. The van der Waals surface area contributed by atoms with Crippen LogP contribution in [0.15, 0.2) is 209 Å². The molecule has 0 aliphatic rings. The summed E-state index contributed by atoms with van der Waals surface area (Å²) in [5.41, 5.74) is 13.4. The first kappa shape index (κ1) is 31.2. The number of para-hydroxylation sites is 2. The van der Waals surface area contributed by atoms with Gasteiger partial charge in [-0.2, -0.15) is 0 Å². The maximum Gasteiger partial charge on any atom is 0.143 e. The van der Waals surface area contributed by atoms with Gasteiger partial charge >= 0.3 is 0 Å². The lowest BCUT2D eigenvalue weighted by atomic mass is 9.97. The summed E-state index contributed by atoms with van der Waals surface area (Å²) in [6, 6.07) is 70.8. The van der Waals surface area contributed by atoms with Gasteiger partial charge in [0, 0.05) is 49.9 Å². The molecule has 0 saturated carbocycles. The minimum absolute atomic E-state index is 0.849. The zero-order chi connectivity index (χ0) is 36.3. The fourth-order valence-electron chi connectivity index (χ4n) is 8.24. The van der Waals surface area contributed by atoms with Gasteiger partial charge in [0.15, 0.2) is 0 Å².